The number of aryl methyl sites for hydroxylation is 1. The minimum atomic E-state index is -6.05. The van der Waals surface area contributed by atoms with E-state index in [-0.39, 0.29) is 16.7 Å². The fourth-order valence-electron chi connectivity index (χ4n) is 1.96. The molecule has 0 amide bonds. The molecule has 2 rings (SSSR count). The molecule has 0 N–H and O–H groups in total. The van der Waals surface area contributed by atoms with E-state index in [1.54, 1.807) is 0 Å². The van der Waals surface area contributed by atoms with Crippen LogP contribution < -0.4 is 14.5 Å². The van der Waals surface area contributed by atoms with Crippen LogP contribution >= 0.6 is 0 Å². The van der Waals surface area contributed by atoms with Crippen molar-refractivity contribution in [3.8, 4) is 17.6 Å². The predicted molar refractivity (Wildman–Crippen MR) is 76.1 cm³/mol. The summed E-state index contributed by atoms with van der Waals surface area (Å²) in [4.78, 5) is 12.1. The molecule has 128 valence electrons. The van der Waals surface area contributed by atoms with Crippen molar-refractivity contribution in [2.75, 3.05) is 7.11 Å². The van der Waals surface area contributed by atoms with E-state index in [0.29, 0.717) is 0 Å². The van der Waals surface area contributed by atoms with Crippen LogP contribution in [0.15, 0.2) is 23.0 Å². The van der Waals surface area contributed by atoms with Gasteiger partial charge in [-0.25, -0.2) is 0 Å². The molecule has 0 aliphatic carbocycles. The number of hydrogen-bond donors (Lipinski definition) is 0. The zero-order valence-corrected chi connectivity index (χ0v) is 13.0. The van der Waals surface area contributed by atoms with Crippen molar-refractivity contribution in [3.63, 3.8) is 0 Å². The third-order valence-corrected chi connectivity index (χ3v) is 4.10. The van der Waals surface area contributed by atoms with Crippen molar-refractivity contribution < 1.29 is 30.5 Å². The summed E-state index contributed by atoms with van der Waals surface area (Å²) in [6.45, 7) is 0. The Labute approximate surface area is 133 Å². The van der Waals surface area contributed by atoms with Gasteiger partial charge in [0, 0.05) is 18.5 Å². The largest absolute Gasteiger partial charge is 0.534 e. The fourth-order valence-corrected chi connectivity index (χ4v) is 2.45. The van der Waals surface area contributed by atoms with Crippen molar-refractivity contribution in [1.82, 2.24) is 4.57 Å². The van der Waals surface area contributed by atoms with E-state index < -0.39 is 32.5 Å². The third-order valence-electron chi connectivity index (χ3n) is 3.14. The second-order valence-corrected chi connectivity index (χ2v) is 6.08. The van der Waals surface area contributed by atoms with Crippen LogP contribution in [0.2, 0.25) is 0 Å². The topological polar surface area (TPSA) is 98.4 Å². The molecule has 2 aromatic rings. The molecule has 11 heteroatoms. The Morgan fingerprint density at radius 2 is 1.92 bits per heavy atom. The number of halogens is 3. The molecule has 0 bridgehead atoms. The lowest BCUT2D eigenvalue weighted by Crippen LogP contribution is -2.30. The zero-order valence-electron chi connectivity index (χ0n) is 12.2. The molecule has 24 heavy (non-hydrogen) atoms. The van der Waals surface area contributed by atoms with Gasteiger partial charge >= 0.3 is 15.6 Å². The summed E-state index contributed by atoms with van der Waals surface area (Å²) in [5.41, 5.74) is -7.54. The Balaban J connectivity index is 2.89. The van der Waals surface area contributed by atoms with Crippen molar-refractivity contribution in [2.24, 2.45) is 7.05 Å². The Kier molecular flexibility index (Phi) is 4.19. The molecule has 0 radical (unpaired) electrons. The first-order valence-corrected chi connectivity index (χ1v) is 7.56. The van der Waals surface area contributed by atoms with Crippen LogP contribution in [-0.4, -0.2) is 25.6 Å². The summed E-state index contributed by atoms with van der Waals surface area (Å²) in [6, 6.07) is 5.19. The van der Waals surface area contributed by atoms with Gasteiger partial charge in [-0.3, -0.25) is 4.79 Å². The molecule has 0 aliphatic rings. The smallest absolute Gasteiger partial charge is 0.497 e. The molecule has 1 heterocycles. The zero-order chi connectivity index (χ0) is 18.3. The molecule has 0 spiro atoms. The number of aromatic nitrogens is 1. The second kappa shape index (κ2) is 5.72. The van der Waals surface area contributed by atoms with Gasteiger partial charge in [-0.2, -0.15) is 26.9 Å². The third kappa shape index (κ3) is 2.76. The summed E-state index contributed by atoms with van der Waals surface area (Å²) in [5.74, 6) is -0.706. The maximum absolute atomic E-state index is 12.6. The van der Waals surface area contributed by atoms with Gasteiger partial charge in [0.25, 0.3) is 5.56 Å². The molecule has 0 saturated heterocycles. The van der Waals surface area contributed by atoms with Gasteiger partial charge in [0.15, 0.2) is 11.3 Å². The van der Waals surface area contributed by atoms with E-state index >= 15 is 0 Å². The second-order valence-electron chi connectivity index (χ2n) is 4.55. The highest BCUT2D eigenvalue weighted by atomic mass is 32.2. The first kappa shape index (κ1) is 17.6. The summed E-state index contributed by atoms with van der Waals surface area (Å²) < 4.78 is 70.2. The van der Waals surface area contributed by atoms with Gasteiger partial charge in [0.1, 0.15) is 11.8 Å². The monoisotopic (exact) mass is 362 g/mol. The van der Waals surface area contributed by atoms with Gasteiger partial charge in [-0.1, -0.05) is 0 Å². The number of nitrogens with zero attached hydrogens (tertiary/aromatic N) is 2. The molecule has 0 aliphatic heterocycles. The number of rotatable bonds is 3. The Bertz CT molecular complexity index is 1020. The quantitative estimate of drug-likeness (QED) is 0.608. The maximum atomic E-state index is 12.6. The van der Waals surface area contributed by atoms with E-state index in [2.05, 4.69) is 4.18 Å². The van der Waals surface area contributed by atoms with Crippen molar-refractivity contribution in [2.45, 2.75) is 5.51 Å². The van der Waals surface area contributed by atoms with E-state index in [1.807, 2.05) is 0 Å². The Morgan fingerprint density at radius 3 is 2.42 bits per heavy atom. The predicted octanol–water partition coefficient (Wildman–Crippen LogP) is 1.65. The number of methoxy groups -OCH3 is 1. The standard InChI is InChI=1S/C13H9F3N2O5S/c1-18-10-5-7(22-2)3-4-8(10)11(9(6-17)12(18)19)23-24(20,21)13(14,15)16/h3-5H,1-2H3. The number of alkyl halides is 3. The first-order chi connectivity index (χ1) is 11.0. The summed E-state index contributed by atoms with van der Waals surface area (Å²) in [5, 5.41) is 8.87. The molecule has 1 aromatic heterocycles. The lowest BCUT2D eigenvalue weighted by molar-refractivity contribution is -0.0499. The summed E-state index contributed by atoms with van der Waals surface area (Å²) >= 11 is 0. The van der Waals surface area contributed by atoms with Crippen LogP contribution in [0.3, 0.4) is 0 Å². The molecule has 0 unspecified atom stereocenters. The van der Waals surface area contributed by atoms with Gasteiger partial charge in [-0.05, 0) is 12.1 Å². The first-order valence-electron chi connectivity index (χ1n) is 6.15. The van der Waals surface area contributed by atoms with Crippen molar-refractivity contribution in [1.29, 1.82) is 5.26 Å². The van der Waals surface area contributed by atoms with Crippen LogP contribution in [0.1, 0.15) is 5.56 Å². The van der Waals surface area contributed by atoms with E-state index in [4.69, 9.17) is 10.00 Å². The summed E-state index contributed by atoms with van der Waals surface area (Å²) in [7, 11) is -3.45. The van der Waals surface area contributed by atoms with Gasteiger partial charge < -0.3 is 13.5 Å². The SMILES string of the molecule is COc1ccc2c(OS(=O)(=O)C(F)(F)F)c(C#N)c(=O)n(C)c2c1. The van der Waals surface area contributed by atoms with Crippen molar-refractivity contribution >= 4 is 21.0 Å². The highest BCUT2D eigenvalue weighted by Gasteiger charge is 2.49. The van der Waals surface area contributed by atoms with Crippen LogP contribution in [0.25, 0.3) is 10.9 Å². The number of ether oxygens (including phenoxy) is 1. The van der Waals surface area contributed by atoms with Gasteiger partial charge in [0.05, 0.1) is 12.6 Å². The molecule has 0 atom stereocenters. The average Bonchev–Trinajstić information content (AvgIpc) is 2.51. The lowest BCUT2D eigenvalue weighted by atomic mass is 10.1. The normalized spacial score (nSPS) is 12.0. The molecule has 1 aromatic carbocycles. The van der Waals surface area contributed by atoms with Crippen LogP contribution in [0, 0.1) is 11.3 Å². The van der Waals surface area contributed by atoms with Crippen molar-refractivity contribution in [3.05, 3.63) is 34.1 Å². The fraction of sp³-hybridized carbons (Fsp3) is 0.231. The van der Waals surface area contributed by atoms with E-state index in [0.717, 1.165) is 4.57 Å². The summed E-state index contributed by atoms with van der Waals surface area (Å²) in [6.07, 6.45) is 0. The minimum absolute atomic E-state index is 0.0331. The van der Waals surface area contributed by atoms with E-state index in [9.17, 15) is 26.4 Å². The van der Waals surface area contributed by atoms with Crippen LogP contribution in [0.4, 0.5) is 13.2 Å². The highest BCUT2D eigenvalue weighted by Crippen LogP contribution is 2.34. The lowest BCUT2D eigenvalue weighted by Gasteiger charge is -2.15. The molecular weight excluding hydrogens is 353 g/mol. The van der Waals surface area contributed by atoms with Gasteiger partial charge in [-0.15, -0.1) is 0 Å². The Hall–Kier alpha value is -2.74. The molecule has 0 saturated carbocycles. The number of benzene rings is 1. The maximum Gasteiger partial charge on any atom is 0.534 e. The highest BCUT2D eigenvalue weighted by molar-refractivity contribution is 7.88. The average molecular weight is 362 g/mol. The Morgan fingerprint density at radius 1 is 1.29 bits per heavy atom. The number of hydrogen-bond acceptors (Lipinski definition) is 6. The van der Waals surface area contributed by atoms with Gasteiger partial charge in [0.2, 0.25) is 0 Å². The van der Waals surface area contributed by atoms with Crippen LogP contribution in [-0.2, 0) is 17.2 Å². The molecular formula is C13H9F3N2O5S. The number of fused-ring (bicyclic) bond motifs is 1. The molecule has 0 fully saturated rings. The minimum Gasteiger partial charge on any atom is -0.497 e. The number of pyridine rings is 1. The van der Waals surface area contributed by atoms with E-state index in [1.165, 1.54) is 38.4 Å². The number of nitriles is 1. The molecule has 7 nitrogen and oxygen atoms in total. The van der Waals surface area contributed by atoms with Crippen LogP contribution in [0.5, 0.6) is 11.5 Å².